The summed E-state index contributed by atoms with van der Waals surface area (Å²) in [6, 6.07) is 9.06. The summed E-state index contributed by atoms with van der Waals surface area (Å²) in [7, 11) is 1.49. The summed E-state index contributed by atoms with van der Waals surface area (Å²) >= 11 is 6.05. The minimum absolute atomic E-state index is 0. The van der Waals surface area contributed by atoms with Crippen molar-refractivity contribution in [3.8, 4) is 5.75 Å². The molecule has 3 rings (SSSR count). The van der Waals surface area contributed by atoms with E-state index in [2.05, 4.69) is 10.2 Å². The van der Waals surface area contributed by atoms with Crippen molar-refractivity contribution in [3.63, 3.8) is 0 Å². The Hall–Kier alpha value is -2.06. The zero-order chi connectivity index (χ0) is 22.4. The van der Waals surface area contributed by atoms with Crippen molar-refractivity contribution in [3.05, 3.63) is 58.4 Å². The van der Waals surface area contributed by atoms with Crippen molar-refractivity contribution in [1.29, 1.82) is 0 Å². The van der Waals surface area contributed by atoms with Crippen LogP contribution in [0, 0.1) is 11.7 Å². The quantitative estimate of drug-likeness (QED) is 0.490. The second kappa shape index (κ2) is 12.3. The Morgan fingerprint density at radius 3 is 2.59 bits per heavy atom. The Kier molecular flexibility index (Phi) is 10.0. The Morgan fingerprint density at radius 1 is 1.31 bits per heavy atom. The Bertz CT molecular complexity index is 891. The van der Waals surface area contributed by atoms with E-state index in [1.54, 1.807) is 18.2 Å². The third-order valence-corrected chi connectivity index (χ3v) is 6.12. The number of nitrogens with one attached hydrogen (secondary N) is 1. The number of ether oxygens (including phenoxy) is 1. The average Bonchev–Trinajstić information content (AvgIpc) is 2.78. The number of likely N-dealkylation sites (tertiary alicyclic amines) is 1. The largest absolute Gasteiger partial charge is 0.496 e. The molecule has 1 saturated heterocycles. The van der Waals surface area contributed by atoms with E-state index in [-0.39, 0.29) is 24.1 Å². The van der Waals surface area contributed by atoms with Crippen LogP contribution in [-0.2, 0) is 0 Å². The van der Waals surface area contributed by atoms with E-state index in [9.17, 15) is 14.3 Å². The molecular weight excluding hydrogens is 456 g/mol. The van der Waals surface area contributed by atoms with Crippen molar-refractivity contribution in [1.82, 2.24) is 10.2 Å². The van der Waals surface area contributed by atoms with Crippen molar-refractivity contribution in [2.75, 3.05) is 39.0 Å². The zero-order valence-corrected chi connectivity index (χ0v) is 19.6. The molecule has 0 aliphatic carbocycles. The van der Waals surface area contributed by atoms with Gasteiger partial charge in [-0.1, -0.05) is 23.7 Å². The van der Waals surface area contributed by atoms with Crippen LogP contribution >= 0.6 is 24.0 Å². The van der Waals surface area contributed by atoms with Crippen LogP contribution in [0.15, 0.2) is 36.4 Å². The summed E-state index contributed by atoms with van der Waals surface area (Å²) in [5.74, 6) is 0.248. The molecule has 0 radical (unpaired) electrons. The second-order valence-electron chi connectivity index (χ2n) is 7.93. The van der Waals surface area contributed by atoms with Gasteiger partial charge in [0.15, 0.2) is 0 Å². The molecule has 6 nitrogen and oxygen atoms in total. The predicted molar refractivity (Wildman–Crippen MR) is 127 cm³/mol. The number of nitrogens with two attached hydrogens (primary N) is 1. The summed E-state index contributed by atoms with van der Waals surface area (Å²) in [6.07, 6.45) is 1.93. The van der Waals surface area contributed by atoms with Crippen LogP contribution in [-0.4, -0.2) is 49.2 Å². The van der Waals surface area contributed by atoms with Gasteiger partial charge in [0, 0.05) is 19.2 Å². The highest BCUT2D eigenvalue weighted by molar-refractivity contribution is 6.33. The molecule has 0 bridgehead atoms. The number of nitrogen functional groups attached to an aromatic ring is 1. The molecule has 1 heterocycles. The van der Waals surface area contributed by atoms with Crippen LogP contribution in [0.2, 0.25) is 5.02 Å². The number of rotatable bonds is 8. The number of benzene rings is 2. The number of carbonyl (C=O) groups excluding carboxylic acids is 1. The van der Waals surface area contributed by atoms with Gasteiger partial charge < -0.3 is 25.8 Å². The van der Waals surface area contributed by atoms with Gasteiger partial charge in [0.05, 0.1) is 29.5 Å². The molecule has 176 valence electrons. The maximum absolute atomic E-state index is 13.0. The fourth-order valence-corrected chi connectivity index (χ4v) is 3.98. The number of carbonyl (C=O) groups is 1. The maximum Gasteiger partial charge on any atom is 0.255 e. The lowest BCUT2D eigenvalue weighted by molar-refractivity contribution is 0.0925. The number of piperidine rings is 1. The summed E-state index contributed by atoms with van der Waals surface area (Å²) < 4.78 is 18.3. The molecule has 1 atom stereocenters. The van der Waals surface area contributed by atoms with Gasteiger partial charge in [0.2, 0.25) is 0 Å². The second-order valence-corrected chi connectivity index (χ2v) is 8.33. The molecule has 2 aromatic carbocycles. The fraction of sp³-hybridized carbons (Fsp3) is 0.435. The first-order valence-electron chi connectivity index (χ1n) is 10.4. The molecule has 1 fully saturated rings. The van der Waals surface area contributed by atoms with E-state index in [1.165, 1.54) is 25.3 Å². The van der Waals surface area contributed by atoms with Gasteiger partial charge in [0.1, 0.15) is 11.6 Å². The Labute approximate surface area is 199 Å². The molecule has 1 amide bonds. The predicted octanol–water partition coefficient (Wildman–Crippen LogP) is 4.06. The molecular formula is C23H30Cl2FN3O3. The average molecular weight is 486 g/mol. The zero-order valence-electron chi connectivity index (χ0n) is 18.0. The molecule has 1 aliphatic heterocycles. The van der Waals surface area contributed by atoms with Crippen molar-refractivity contribution in [2.24, 2.45) is 5.92 Å². The minimum atomic E-state index is -0.598. The number of hydrogen-bond donors (Lipinski definition) is 3. The molecule has 9 heteroatoms. The van der Waals surface area contributed by atoms with Gasteiger partial charge in [-0.3, -0.25) is 4.79 Å². The lowest BCUT2D eigenvalue weighted by atomic mass is 9.96. The highest BCUT2D eigenvalue weighted by Gasteiger charge is 2.22. The van der Waals surface area contributed by atoms with E-state index < -0.39 is 6.10 Å². The highest BCUT2D eigenvalue weighted by atomic mass is 35.5. The number of hydrogen-bond acceptors (Lipinski definition) is 5. The van der Waals surface area contributed by atoms with Gasteiger partial charge >= 0.3 is 0 Å². The summed E-state index contributed by atoms with van der Waals surface area (Å²) in [4.78, 5) is 14.9. The highest BCUT2D eigenvalue weighted by Crippen LogP contribution is 2.29. The van der Waals surface area contributed by atoms with E-state index in [0.717, 1.165) is 38.0 Å². The first kappa shape index (κ1) is 26.2. The first-order valence-corrected chi connectivity index (χ1v) is 10.8. The van der Waals surface area contributed by atoms with Crippen LogP contribution in [0.4, 0.5) is 10.1 Å². The Balaban J connectivity index is 0.00000363. The van der Waals surface area contributed by atoms with Crippen molar-refractivity contribution in [2.45, 2.75) is 25.4 Å². The summed E-state index contributed by atoms with van der Waals surface area (Å²) in [6.45, 7) is 3.18. The van der Waals surface area contributed by atoms with Crippen LogP contribution in [0.25, 0.3) is 0 Å². The van der Waals surface area contributed by atoms with E-state index >= 15 is 0 Å². The Morgan fingerprint density at radius 2 is 1.97 bits per heavy atom. The van der Waals surface area contributed by atoms with Gasteiger partial charge in [-0.05, 0) is 62.0 Å². The molecule has 4 N–H and O–H groups in total. The number of methoxy groups -OCH3 is 1. The number of nitrogens with zero attached hydrogens (tertiary/aromatic N) is 1. The fourth-order valence-electron chi connectivity index (χ4n) is 3.82. The minimum Gasteiger partial charge on any atom is -0.496 e. The van der Waals surface area contributed by atoms with Crippen molar-refractivity contribution >= 4 is 35.6 Å². The lowest BCUT2D eigenvalue weighted by Crippen LogP contribution is -2.39. The van der Waals surface area contributed by atoms with Crippen molar-refractivity contribution < 1.29 is 19.0 Å². The third-order valence-electron chi connectivity index (χ3n) is 5.80. The summed E-state index contributed by atoms with van der Waals surface area (Å²) in [5.41, 5.74) is 7.24. The maximum atomic E-state index is 13.0. The van der Waals surface area contributed by atoms with Crippen LogP contribution in [0.1, 0.15) is 41.3 Å². The van der Waals surface area contributed by atoms with Crippen LogP contribution < -0.4 is 15.8 Å². The third kappa shape index (κ3) is 6.97. The van der Waals surface area contributed by atoms with Gasteiger partial charge in [0.25, 0.3) is 5.91 Å². The molecule has 32 heavy (non-hydrogen) atoms. The lowest BCUT2D eigenvalue weighted by Gasteiger charge is -2.32. The van der Waals surface area contributed by atoms with Gasteiger partial charge in [-0.15, -0.1) is 12.4 Å². The van der Waals surface area contributed by atoms with E-state index in [1.807, 2.05) is 0 Å². The normalized spacial score (nSPS) is 15.6. The van der Waals surface area contributed by atoms with Gasteiger partial charge in [-0.25, -0.2) is 4.39 Å². The number of anilines is 1. The topological polar surface area (TPSA) is 87.8 Å². The van der Waals surface area contributed by atoms with Gasteiger partial charge in [-0.2, -0.15) is 0 Å². The smallest absolute Gasteiger partial charge is 0.255 e. The SMILES string of the molecule is COc1cc(N)c(Cl)cc1C(=O)NCC1CCN(CCC(O)c2ccc(F)cc2)CC1.Cl. The number of aliphatic hydroxyl groups excluding tert-OH is 1. The number of halogens is 3. The molecule has 0 saturated carbocycles. The first-order chi connectivity index (χ1) is 14.9. The van der Waals surface area contributed by atoms with E-state index in [0.29, 0.717) is 40.9 Å². The number of amides is 1. The molecule has 1 aliphatic rings. The number of aliphatic hydroxyl groups is 1. The molecule has 0 spiro atoms. The van der Waals surface area contributed by atoms with E-state index in [4.69, 9.17) is 22.1 Å². The molecule has 2 aromatic rings. The van der Waals surface area contributed by atoms with Crippen LogP contribution in [0.5, 0.6) is 5.75 Å². The molecule has 1 unspecified atom stereocenters. The standard InChI is InChI=1S/C23H29ClFN3O3.ClH/c1-31-22-13-20(26)19(24)12-18(22)23(30)27-14-15-6-9-28(10-7-15)11-8-21(29)16-2-4-17(25)5-3-16;/h2-5,12-13,15,21,29H,6-11,14,26H2,1H3,(H,27,30);1H. The monoisotopic (exact) mass is 485 g/mol. The summed E-state index contributed by atoms with van der Waals surface area (Å²) in [5, 5.41) is 13.6. The molecule has 0 aromatic heterocycles. The van der Waals surface area contributed by atoms with Crippen LogP contribution in [0.3, 0.4) is 0 Å².